The van der Waals surface area contributed by atoms with Gasteiger partial charge in [-0.25, -0.2) is 0 Å². The Hall–Kier alpha value is -1.48. The summed E-state index contributed by atoms with van der Waals surface area (Å²) in [6.07, 6.45) is 8.47. The zero-order valence-electron chi connectivity index (χ0n) is 22.2. The van der Waals surface area contributed by atoms with Gasteiger partial charge < -0.3 is 19.2 Å². The summed E-state index contributed by atoms with van der Waals surface area (Å²) in [4.78, 5) is 9.41. The number of fused-ring (bicyclic) bond motifs is 2. The second-order valence-corrected chi connectivity index (χ2v) is 12.5. The van der Waals surface area contributed by atoms with Gasteiger partial charge in [0.15, 0.2) is 0 Å². The number of quaternary nitrogens is 1. The highest BCUT2D eigenvalue weighted by molar-refractivity contribution is 8.03. The quantitative estimate of drug-likeness (QED) is 0.366. The Kier molecular flexibility index (Phi) is 8.59. The molecule has 204 valence electrons. The van der Waals surface area contributed by atoms with Crippen molar-refractivity contribution in [3.05, 3.63) is 46.5 Å². The normalized spacial score (nSPS) is 22.8. The summed E-state index contributed by atoms with van der Waals surface area (Å²) in [7, 11) is 2.43. The molecule has 0 saturated carbocycles. The summed E-state index contributed by atoms with van der Waals surface area (Å²) in [6.45, 7) is 11.4. The summed E-state index contributed by atoms with van der Waals surface area (Å²) in [5.41, 5.74) is 1.24. The molecule has 4 nitrogen and oxygen atoms in total. The Bertz CT molecular complexity index is 991. The summed E-state index contributed by atoms with van der Waals surface area (Å²) in [5, 5.41) is 0. The molecule has 4 aliphatic rings. The van der Waals surface area contributed by atoms with Crippen molar-refractivity contribution in [3.8, 4) is 0 Å². The first-order valence-electron chi connectivity index (χ1n) is 14.2. The summed E-state index contributed by atoms with van der Waals surface area (Å²) in [5.74, 6) is 0. The van der Waals surface area contributed by atoms with Gasteiger partial charge in [-0.05, 0) is 63.3 Å². The monoisotopic (exact) mass is 535 g/mol. The lowest BCUT2D eigenvalue weighted by atomic mass is 10.1. The van der Waals surface area contributed by atoms with Crippen LogP contribution < -0.4 is 4.90 Å². The van der Waals surface area contributed by atoms with Crippen LogP contribution in [0.1, 0.15) is 50.5 Å². The molecule has 1 aromatic carbocycles. The maximum absolute atomic E-state index is 13.5. The molecular weight excluding hydrogens is 493 g/mol. The van der Waals surface area contributed by atoms with Crippen molar-refractivity contribution >= 4 is 17.4 Å². The molecule has 0 radical (unpaired) electrons. The SMILES string of the molecule is C[N+]1(CCCN2CCN(CCCN3C4=CCCC=C4Sc4ccc(C(F)(F)F)cc43)CC2)CCCCC1. The summed E-state index contributed by atoms with van der Waals surface area (Å²) in [6, 6.07) is 4.21. The number of hydrogen-bond acceptors (Lipinski definition) is 4. The molecule has 0 aromatic heterocycles. The Morgan fingerprint density at radius 1 is 0.865 bits per heavy atom. The minimum Gasteiger partial charge on any atom is -0.340 e. The van der Waals surface area contributed by atoms with E-state index in [0.29, 0.717) is 5.69 Å². The van der Waals surface area contributed by atoms with Crippen LogP contribution in [-0.2, 0) is 6.18 Å². The number of thioether (sulfide) groups is 1. The molecule has 0 N–H and O–H groups in total. The average Bonchev–Trinajstić information content (AvgIpc) is 2.88. The van der Waals surface area contributed by atoms with E-state index in [1.54, 1.807) is 17.8 Å². The predicted molar refractivity (Wildman–Crippen MR) is 147 cm³/mol. The molecule has 0 amide bonds. The van der Waals surface area contributed by atoms with Gasteiger partial charge in [0.2, 0.25) is 0 Å². The van der Waals surface area contributed by atoms with Crippen molar-refractivity contribution < 1.29 is 17.7 Å². The lowest BCUT2D eigenvalue weighted by Crippen LogP contribution is -2.50. The van der Waals surface area contributed by atoms with Gasteiger partial charge in [-0.15, -0.1) is 0 Å². The fourth-order valence-corrected chi connectivity index (χ4v) is 7.47. The van der Waals surface area contributed by atoms with Gasteiger partial charge in [-0.1, -0.05) is 23.9 Å². The first-order chi connectivity index (χ1) is 17.8. The van der Waals surface area contributed by atoms with Gasteiger partial charge in [-0.2, -0.15) is 13.2 Å². The van der Waals surface area contributed by atoms with Crippen molar-refractivity contribution in [3.63, 3.8) is 0 Å². The molecule has 3 heterocycles. The number of piperidine rings is 1. The maximum atomic E-state index is 13.5. The lowest BCUT2D eigenvalue weighted by molar-refractivity contribution is -0.914. The maximum Gasteiger partial charge on any atom is 0.416 e. The molecule has 0 unspecified atom stereocenters. The fourth-order valence-electron chi connectivity index (χ4n) is 6.32. The molecule has 5 rings (SSSR count). The number of benzene rings is 1. The Balaban J connectivity index is 1.12. The van der Waals surface area contributed by atoms with Crippen LogP contribution >= 0.6 is 11.8 Å². The largest absolute Gasteiger partial charge is 0.416 e. The number of hydrogen-bond donors (Lipinski definition) is 0. The first kappa shape index (κ1) is 27.1. The number of piperazine rings is 1. The summed E-state index contributed by atoms with van der Waals surface area (Å²) < 4.78 is 41.7. The molecule has 2 fully saturated rings. The van der Waals surface area contributed by atoms with E-state index >= 15 is 0 Å². The Morgan fingerprint density at radius 2 is 1.54 bits per heavy atom. The van der Waals surface area contributed by atoms with Crippen LogP contribution in [-0.4, -0.2) is 86.8 Å². The molecular formula is C29H42F3N4S+. The van der Waals surface area contributed by atoms with Crippen molar-refractivity contribution in [2.45, 2.75) is 56.0 Å². The first-order valence-corrected chi connectivity index (χ1v) is 15.0. The smallest absolute Gasteiger partial charge is 0.340 e. The highest BCUT2D eigenvalue weighted by Gasteiger charge is 2.34. The molecule has 0 spiro atoms. The molecule has 37 heavy (non-hydrogen) atoms. The third kappa shape index (κ3) is 6.75. The van der Waals surface area contributed by atoms with Gasteiger partial charge in [0.1, 0.15) is 0 Å². The van der Waals surface area contributed by atoms with E-state index in [9.17, 15) is 13.2 Å². The predicted octanol–water partition coefficient (Wildman–Crippen LogP) is 6.21. The second kappa shape index (κ2) is 11.7. The molecule has 1 aromatic rings. The average molecular weight is 536 g/mol. The van der Waals surface area contributed by atoms with E-state index in [1.165, 1.54) is 73.4 Å². The lowest BCUT2D eigenvalue weighted by Gasteiger charge is -2.39. The van der Waals surface area contributed by atoms with Gasteiger partial charge in [0.05, 0.1) is 43.6 Å². The third-order valence-corrected chi connectivity index (χ3v) is 9.72. The van der Waals surface area contributed by atoms with Gasteiger partial charge >= 0.3 is 6.18 Å². The van der Waals surface area contributed by atoms with Crippen LogP contribution in [0.25, 0.3) is 0 Å². The fraction of sp³-hybridized carbons (Fsp3) is 0.655. The number of allylic oxidation sites excluding steroid dienone is 2. The van der Waals surface area contributed by atoms with E-state index < -0.39 is 11.7 Å². The van der Waals surface area contributed by atoms with Crippen molar-refractivity contribution in [1.82, 2.24) is 9.80 Å². The molecule has 1 aliphatic carbocycles. The van der Waals surface area contributed by atoms with E-state index in [-0.39, 0.29) is 0 Å². The highest BCUT2D eigenvalue weighted by Crippen LogP contribution is 2.49. The second-order valence-electron chi connectivity index (χ2n) is 11.4. The molecule has 0 atom stereocenters. The van der Waals surface area contributed by atoms with Crippen molar-refractivity contribution in [1.29, 1.82) is 0 Å². The number of likely N-dealkylation sites (tertiary alicyclic amines) is 1. The van der Waals surface area contributed by atoms with Crippen LogP contribution in [0.5, 0.6) is 0 Å². The van der Waals surface area contributed by atoms with E-state index in [1.807, 2.05) is 0 Å². The third-order valence-electron chi connectivity index (χ3n) is 8.56. The van der Waals surface area contributed by atoms with Crippen LogP contribution in [0.2, 0.25) is 0 Å². The number of anilines is 1. The molecule has 3 aliphatic heterocycles. The Labute approximate surface area is 224 Å². The van der Waals surface area contributed by atoms with E-state index in [2.05, 4.69) is 33.9 Å². The van der Waals surface area contributed by atoms with Crippen LogP contribution in [0.15, 0.2) is 45.8 Å². The standard InChI is InChI=1S/C29H42F3N4S/c1-36(20-5-2-6-21-36)22-8-14-34-18-16-33(17-19-34)13-7-15-35-25-9-3-4-10-27(25)37-28-12-11-24(23-26(28)35)29(30,31)32/h9-12,23H,2-8,13-22H2,1H3/q+1. The highest BCUT2D eigenvalue weighted by atomic mass is 32.2. The number of nitrogens with zero attached hydrogens (tertiary/aromatic N) is 4. The molecule has 2 saturated heterocycles. The minimum atomic E-state index is -4.32. The van der Waals surface area contributed by atoms with Crippen molar-refractivity contribution in [2.75, 3.05) is 77.4 Å². The summed E-state index contributed by atoms with van der Waals surface area (Å²) >= 11 is 1.61. The number of halogens is 3. The molecule has 8 heteroatoms. The zero-order chi connectivity index (χ0) is 25.9. The van der Waals surface area contributed by atoms with Crippen molar-refractivity contribution in [2.24, 2.45) is 0 Å². The topological polar surface area (TPSA) is 9.72 Å². The van der Waals surface area contributed by atoms with Gasteiger partial charge in [0, 0.05) is 55.5 Å². The van der Waals surface area contributed by atoms with E-state index in [0.717, 1.165) is 69.1 Å². The van der Waals surface area contributed by atoms with Crippen LogP contribution in [0.3, 0.4) is 0 Å². The van der Waals surface area contributed by atoms with E-state index in [4.69, 9.17) is 0 Å². The number of alkyl halides is 3. The molecule has 0 bridgehead atoms. The van der Waals surface area contributed by atoms with Gasteiger partial charge in [0.25, 0.3) is 0 Å². The Morgan fingerprint density at radius 3 is 2.24 bits per heavy atom. The van der Waals surface area contributed by atoms with Crippen LogP contribution in [0, 0.1) is 0 Å². The number of rotatable bonds is 8. The zero-order valence-corrected chi connectivity index (χ0v) is 23.1. The van der Waals surface area contributed by atoms with Crippen LogP contribution in [0.4, 0.5) is 18.9 Å². The minimum absolute atomic E-state index is 0.562. The van der Waals surface area contributed by atoms with Gasteiger partial charge in [-0.3, -0.25) is 0 Å².